The van der Waals surface area contributed by atoms with Crippen molar-refractivity contribution >= 4 is 24.1 Å². The van der Waals surface area contributed by atoms with Crippen LogP contribution in [-0.2, 0) is 22.5 Å². The molecule has 0 spiro atoms. The third-order valence-electron chi connectivity index (χ3n) is 4.24. The highest BCUT2D eigenvalue weighted by molar-refractivity contribution is 5.96. The maximum Gasteiger partial charge on any atom is 0.244 e. The normalized spacial score (nSPS) is 22.9. The van der Waals surface area contributed by atoms with Gasteiger partial charge in [-0.25, -0.2) is 4.68 Å². The van der Waals surface area contributed by atoms with Crippen LogP contribution in [0.25, 0.3) is 0 Å². The van der Waals surface area contributed by atoms with Crippen molar-refractivity contribution in [1.82, 2.24) is 14.7 Å². The molecule has 1 aromatic rings. The van der Waals surface area contributed by atoms with Gasteiger partial charge in [0.05, 0.1) is 24.9 Å². The Morgan fingerprint density at radius 1 is 1.36 bits per heavy atom. The zero-order valence-electron chi connectivity index (χ0n) is 12.9. The smallest absolute Gasteiger partial charge is 0.244 e. The molecule has 1 atom stereocenters. The molecule has 2 aliphatic rings. The summed E-state index contributed by atoms with van der Waals surface area (Å²) in [5.41, 5.74) is 6.88. The van der Waals surface area contributed by atoms with Crippen LogP contribution < -0.4 is 10.6 Å². The number of aromatic nitrogens is 2. The van der Waals surface area contributed by atoms with Crippen LogP contribution in [0.2, 0.25) is 0 Å². The number of rotatable bonds is 3. The second-order valence-electron chi connectivity index (χ2n) is 5.71. The predicted molar refractivity (Wildman–Crippen MR) is 86.4 cm³/mol. The molecule has 7 nitrogen and oxygen atoms in total. The van der Waals surface area contributed by atoms with E-state index in [0.29, 0.717) is 13.0 Å². The van der Waals surface area contributed by atoms with E-state index in [1.54, 1.807) is 11.9 Å². The molecule has 1 fully saturated rings. The van der Waals surface area contributed by atoms with Crippen molar-refractivity contribution in [2.45, 2.75) is 25.4 Å². The number of amides is 1. The summed E-state index contributed by atoms with van der Waals surface area (Å²) >= 11 is 0. The first-order valence-electron chi connectivity index (χ1n) is 7.55. The molecular weight excluding hydrogens is 306 g/mol. The van der Waals surface area contributed by atoms with Gasteiger partial charge in [-0.05, 0) is 6.42 Å². The largest absolute Gasteiger partial charge is 0.379 e. The van der Waals surface area contributed by atoms with E-state index in [9.17, 15) is 4.79 Å². The average Bonchev–Trinajstić information content (AvgIpc) is 2.89. The fraction of sp³-hybridized carbons (Fsp3) is 0.714. The third-order valence-corrected chi connectivity index (χ3v) is 4.24. The molecule has 0 bridgehead atoms. The molecule has 1 saturated heterocycles. The van der Waals surface area contributed by atoms with E-state index in [2.05, 4.69) is 10.00 Å². The van der Waals surface area contributed by atoms with Gasteiger partial charge >= 0.3 is 0 Å². The molecule has 3 heterocycles. The van der Waals surface area contributed by atoms with Gasteiger partial charge in [0.15, 0.2) is 0 Å². The number of carbonyl (C=O) groups is 1. The number of nitrogens with two attached hydrogens (primary N) is 1. The number of morpholine rings is 1. The van der Waals surface area contributed by atoms with Gasteiger partial charge in [0.1, 0.15) is 5.82 Å². The van der Waals surface area contributed by atoms with Gasteiger partial charge < -0.3 is 10.5 Å². The Kier molecular flexibility index (Phi) is 5.80. The van der Waals surface area contributed by atoms with Crippen LogP contribution in [0, 0.1) is 0 Å². The number of hydrogen-bond donors (Lipinski definition) is 1. The van der Waals surface area contributed by atoms with Crippen LogP contribution in [0.5, 0.6) is 0 Å². The minimum absolute atomic E-state index is 0. The molecule has 2 aliphatic heterocycles. The molecule has 2 N–H and O–H groups in total. The maximum absolute atomic E-state index is 12.1. The number of nitrogens with zero attached hydrogens (tertiary/aromatic N) is 4. The molecule has 8 heteroatoms. The van der Waals surface area contributed by atoms with Crippen molar-refractivity contribution in [3.05, 3.63) is 11.8 Å². The molecule has 0 aromatic carbocycles. The minimum atomic E-state index is -0.423. The lowest BCUT2D eigenvalue weighted by atomic mass is 10.2. The lowest BCUT2D eigenvalue weighted by Gasteiger charge is -2.26. The summed E-state index contributed by atoms with van der Waals surface area (Å²) in [6.45, 7) is 5.28. The molecule has 0 radical (unpaired) electrons. The van der Waals surface area contributed by atoms with Gasteiger partial charge in [0.25, 0.3) is 0 Å². The molecule has 1 amide bonds. The topological polar surface area (TPSA) is 76.6 Å². The number of fused-ring (bicyclic) bond motifs is 1. The van der Waals surface area contributed by atoms with Crippen LogP contribution in [0.4, 0.5) is 5.82 Å². The fourth-order valence-electron chi connectivity index (χ4n) is 2.86. The number of ether oxygens (including phenoxy) is 1. The highest BCUT2D eigenvalue weighted by Gasteiger charge is 2.26. The second-order valence-corrected chi connectivity index (χ2v) is 5.71. The van der Waals surface area contributed by atoms with E-state index in [1.165, 1.54) is 0 Å². The van der Waals surface area contributed by atoms with E-state index in [1.807, 2.05) is 10.7 Å². The molecule has 0 saturated carbocycles. The van der Waals surface area contributed by atoms with Crippen molar-refractivity contribution in [3.8, 4) is 0 Å². The van der Waals surface area contributed by atoms with Crippen molar-refractivity contribution in [1.29, 1.82) is 0 Å². The van der Waals surface area contributed by atoms with E-state index in [0.717, 1.165) is 50.8 Å². The monoisotopic (exact) mass is 329 g/mol. The first-order chi connectivity index (χ1) is 10.1. The molecule has 124 valence electrons. The molecule has 22 heavy (non-hydrogen) atoms. The number of aryl methyl sites for hydroxylation is 1. The summed E-state index contributed by atoms with van der Waals surface area (Å²) in [4.78, 5) is 16.1. The SMILES string of the molecule is CN1C(=O)C(N)CCn2nc(CCN3CCOCC3)cc21.Cl. The van der Waals surface area contributed by atoms with E-state index < -0.39 is 6.04 Å². The van der Waals surface area contributed by atoms with E-state index in [4.69, 9.17) is 10.5 Å². The minimum Gasteiger partial charge on any atom is -0.379 e. The fourth-order valence-corrected chi connectivity index (χ4v) is 2.86. The van der Waals surface area contributed by atoms with Crippen LogP contribution >= 0.6 is 12.4 Å². The van der Waals surface area contributed by atoms with Crippen LogP contribution in [0.15, 0.2) is 6.07 Å². The molecule has 1 unspecified atom stereocenters. The van der Waals surface area contributed by atoms with Gasteiger partial charge in [-0.2, -0.15) is 5.10 Å². The highest BCUT2D eigenvalue weighted by Crippen LogP contribution is 2.20. The first kappa shape index (κ1) is 17.2. The Balaban J connectivity index is 0.00000176. The summed E-state index contributed by atoms with van der Waals surface area (Å²) in [6, 6.07) is 1.59. The van der Waals surface area contributed by atoms with Crippen molar-refractivity contribution in [2.75, 3.05) is 44.8 Å². The predicted octanol–water partition coefficient (Wildman–Crippen LogP) is -0.127. The molecule has 1 aromatic heterocycles. The number of carbonyl (C=O) groups excluding carboxylic acids is 1. The number of anilines is 1. The Morgan fingerprint density at radius 3 is 2.82 bits per heavy atom. The van der Waals surface area contributed by atoms with Crippen LogP contribution in [0.1, 0.15) is 12.1 Å². The van der Waals surface area contributed by atoms with Crippen LogP contribution in [0.3, 0.4) is 0 Å². The molecule has 3 rings (SSSR count). The molecular formula is C14H24ClN5O2. The van der Waals surface area contributed by atoms with Gasteiger partial charge in [-0.3, -0.25) is 14.6 Å². The molecule has 0 aliphatic carbocycles. The number of hydrogen-bond acceptors (Lipinski definition) is 5. The third kappa shape index (κ3) is 3.60. The Hall–Kier alpha value is -1.15. The first-order valence-corrected chi connectivity index (χ1v) is 7.55. The Labute approximate surface area is 136 Å². The van der Waals surface area contributed by atoms with Crippen molar-refractivity contribution in [2.24, 2.45) is 5.73 Å². The summed E-state index contributed by atoms with van der Waals surface area (Å²) in [6.07, 6.45) is 1.54. The van der Waals surface area contributed by atoms with Crippen LogP contribution in [-0.4, -0.2) is 66.5 Å². The lowest BCUT2D eigenvalue weighted by Crippen LogP contribution is -2.40. The van der Waals surface area contributed by atoms with Gasteiger partial charge in [0, 0.05) is 45.7 Å². The lowest BCUT2D eigenvalue weighted by molar-refractivity contribution is -0.119. The summed E-state index contributed by atoms with van der Waals surface area (Å²) < 4.78 is 7.25. The maximum atomic E-state index is 12.1. The van der Waals surface area contributed by atoms with Crippen molar-refractivity contribution in [3.63, 3.8) is 0 Å². The zero-order valence-corrected chi connectivity index (χ0v) is 13.7. The standard InChI is InChI=1S/C14H23N5O2.ClH/c1-17-13-10-11(2-4-18-6-8-21-9-7-18)16-19(13)5-3-12(15)14(17)20;/h10,12H,2-9,15H2,1H3;1H. The highest BCUT2D eigenvalue weighted by atomic mass is 35.5. The quantitative estimate of drug-likeness (QED) is 0.836. The zero-order chi connectivity index (χ0) is 14.8. The summed E-state index contributed by atoms with van der Waals surface area (Å²) in [7, 11) is 1.77. The average molecular weight is 330 g/mol. The Morgan fingerprint density at radius 2 is 2.09 bits per heavy atom. The van der Waals surface area contributed by atoms with Gasteiger partial charge in [-0.1, -0.05) is 0 Å². The van der Waals surface area contributed by atoms with Crippen molar-refractivity contribution < 1.29 is 9.53 Å². The second kappa shape index (κ2) is 7.41. The van der Waals surface area contributed by atoms with E-state index >= 15 is 0 Å². The van der Waals surface area contributed by atoms with E-state index in [-0.39, 0.29) is 18.3 Å². The number of halogens is 1. The summed E-state index contributed by atoms with van der Waals surface area (Å²) in [5.74, 6) is 0.818. The van der Waals surface area contributed by atoms with Gasteiger partial charge in [-0.15, -0.1) is 12.4 Å². The number of likely N-dealkylation sites (N-methyl/N-ethyl adjacent to an activating group) is 1. The Bertz CT molecular complexity index is 515. The summed E-state index contributed by atoms with van der Waals surface area (Å²) in [5, 5.41) is 4.62. The van der Waals surface area contributed by atoms with Gasteiger partial charge in [0.2, 0.25) is 5.91 Å².